The van der Waals surface area contributed by atoms with Crippen molar-refractivity contribution in [2.45, 2.75) is 44.9 Å². The average molecular weight is 380 g/mol. The van der Waals surface area contributed by atoms with Crippen LogP contribution in [0.3, 0.4) is 0 Å². The van der Waals surface area contributed by atoms with Gasteiger partial charge in [0.15, 0.2) is 11.5 Å². The SMILES string of the molecule is CC(C)(C)c1ccc2nnc(C3CCN(C(=O)c4ccc[nH]c4=O)CC3)n2n1. The van der Waals surface area contributed by atoms with Gasteiger partial charge in [0.25, 0.3) is 11.5 Å². The van der Waals surface area contributed by atoms with Crippen LogP contribution in [-0.2, 0) is 5.41 Å². The first-order valence-electron chi connectivity index (χ1n) is 9.54. The zero-order chi connectivity index (χ0) is 19.9. The van der Waals surface area contributed by atoms with Crippen molar-refractivity contribution in [2.75, 3.05) is 13.1 Å². The molecule has 1 aliphatic heterocycles. The third-order valence-corrected chi connectivity index (χ3v) is 5.25. The molecule has 1 amide bonds. The lowest BCUT2D eigenvalue weighted by Gasteiger charge is -2.31. The van der Waals surface area contributed by atoms with Gasteiger partial charge in [-0.05, 0) is 37.1 Å². The number of aromatic amines is 1. The van der Waals surface area contributed by atoms with Gasteiger partial charge in [0.2, 0.25) is 0 Å². The number of hydrogen-bond donors (Lipinski definition) is 1. The number of amides is 1. The minimum atomic E-state index is -0.350. The lowest BCUT2D eigenvalue weighted by molar-refractivity contribution is 0.0709. The van der Waals surface area contributed by atoms with Crippen LogP contribution in [0.2, 0.25) is 0 Å². The van der Waals surface area contributed by atoms with Gasteiger partial charge in [0.1, 0.15) is 5.56 Å². The summed E-state index contributed by atoms with van der Waals surface area (Å²) in [5.74, 6) is 0.793. The van der Waals surface area contributed by atoms with E-state index < -0.39 is 0 Å². The molecule has 28 heavy (non-hydrogen) atoms. The Morgan fingerprint density at radius 3 is 2.57 bits per heavy atom. The van der Waals surface area contributed by atoms with E-state index in [1.807, 2.05) is 16.6 Å². The number of likely N-dealkylation sites (tertiary alicyclic amines) is 1. The molecule has 0 unspecified atom stereocenters. The first-order chi connectivity index (χ1) is 13.3. The number of aromatic nitrogens is 5. The van der Waals surface area contributed by atoms with Crippen molar-refractivity contribution >= 4 is 11.6 Å². The van der Waals surface area contributed by atoms with Crippen LogP contribution < -0.4 is 5.56 Å². The Labute approximate surface area is 162 Å². The summed E-state index contributed by atoms with van der Waals surface area (Å²) >= 11 is 0. The molecule has 8 nitrogen and oxygen atoms in total. The lowest BCUT2D eigenvalue weighted by Crippen LogP contribution is -2.40. The highest BCUT2D eigenvalue weighted by Gasteiger charge is 2.29. The van der Waals surface area contributed by atoms with Crippen molar-refractivity contribution < 1.29 is 4.79 Å². The van der Waals surface area contributed by atoms with Crippen molar-refractivity contribution in [1.82, 2.24) is 29.7 Å². The highest BCUT2D eigenvalue weighted by molar-refractivity contribution is 5.93. The molecular formula is C20H24N6O2. The van der Waals surface area contributed by atoms with E-state index in [2.05, 4.69) is 36.0 Å². The van der Waals surface area contributed by atoms with Gasteiger partial charge in [-0.3, -0.25) is 9.59 Å². The van der Waals surface area contributed by atoms with Gasteiger partial charge in [0, 0.05) is 30.6 Å². The summed E-state index contributed by atoms with van der Waals surface area (Å²) in [6, 6.07) is 7.18. The Morgan fingerprint density at radius 1 is 1.14 bits per heavy atom. The summed E-state index contributed by atoms with van der Waals surface area (Å²) < 4.78 is 1.84. The van der Waals surface area contributed by atoms with Gasteiger partial charge in [-0.2, -0.15) is 9.61 Å². The zero-order valence-electron chi connectivity index (χ0n) is 16.3. The number of hydrogen-bond acceptors (Lipinski definition) is 5. The Kier molecular flexibility index (Phi) is 4.49. The highest BCUT2D eigenvalue weighted by atomic mass is 16.2. The molecule has 4 heterocycles. The second-order valence-electron chi connectivity index (χ2n) is 8.28. The predicted octanol–water partition coefficient (Wildman–Crippen LogP) is 2.13. The third kappa shape index (κ3) is 3.30. The Hall–Kier alpha value is -3.03. The Balaban J connectivity index is 1.53. The van der Waals surface area contributed by atoms with E-state index in [1.165, 1.54) is 6.20 Å². The van der Waals surface area contributed by atoms with E-state index in [9.17, 15) is 9.59 Å². The largest absolute Gasteiger partial charge is 0.338 e. The number of fused-ring (bicyclic) bond motifs is 1. The molecule has 1 aliphatic rings. The number of carbonyl (C=O) groups excluding carboxylic acids is 1. The molecule has 0 aromatic carbocycles. The van der Waals surface area contributed by atoms with Crippen LogP contribution in [-0.4, -0.2) is 48.7 Å². The monoisotopic (exact) mass is 380 g/mol. The van der Waals surface area contributed by atoms with Crippen LogP contribution in [0.5, 0.6) is 0 Å². The molecule has 8 heteroatoms. The summed E-state index contributed by atoms with van der Waals surface area (Å²) in [6.07, 6.45) is 3.05. The molecule has 0 saturated carbocycles. The molecule has 1 fully saturated rings. The van der Waals surface area contributed by atoms with Crippen molar-refractivity contribution in [3.63, 3.8) is 0 Å². The molecule has 0 aliphatic carbocycles. The van der Waals surface area contributed by atoms with Crippen LogP contribution >= 0.6 is 0 Å². The number of nitrogens with zero attached hydrogens (tertiary/aromatic N) is 5. The van der Waals surface area contributed by atoms with Crippen molar-refractivity contribution in [2.24, 2.45) is 0 Å². The first-order valence-corrected chi connectivity index (χ1v) is 9.54. The molecule has 3 aromatic rings. The van der Waals surface area contributed by atoms with E-state index in [1.54, 1.807) is 17.0 Å². The summed E-state index contributed by atoms with van der Waals surface area (Å²) in [7, 11) is 0. The molecule has 0 radical (unpaired) electrons. The molecule has 146 valence electrons. The molecular weight excluding hydrogens is 356 g/mol. The molecule has 0 bridgehead atoms. The maximum absolute atomic E-state index is 12.6. The summed E-state index contributed by atoms with van der Waals surface area (Å²) in [5, 5.41) is 13.4. The van der Waals surface area contributed by atoms with Gasteiger partial charge in [-0.25, -0.2) is 0 Å². The number of piperidine rings is 1. The maximum Gasteiger partial charge on any atom is 0.260 e. The number of nitrogens with one attached hydrogen (secondary N) is 1. The van der Waals surface area contributed by atoms with Gasteiger partial charge in [-0.1, -0.05) is 20.8 Å². The topological polar surface area (TPSA) is 96.2 Å². The second kappa shape index (κ2) is 6.85. The normalized spacial score (nSPS) is 15.9. The molecule has 1 saturated heterocycles. The Bertz CT molecular complexity index is 1070. The Morgan fingerprint density at radius 2 is 1.89 bits per heavy atom. The molecule has 0 atom stereocenters. The maximum atomic E-state index is 12.6. The molecule has 4 rings (SSSR count). The fourth-order valence-corrected chi connectivity index (χ4v) is 3.56. The summed E-state index contributed by atoms with van der Waals surface area (Å²) in [6.45, 7) is 7.53. The molecule has 0 spiro atoms. The minimum Gasteiger partial charge on any atom is -0.338 e. The van der Waals surface area contributed by atoms with Crippen LogP contribution in [0.1, 0.15) is 61.4 Å². The van der Waals surface area contributed by atoms with Crippen molar-refractivity contribution in [1.29, 1.82) is 0 Å². The van der Waals surface area contributed by atoms with Gasteiger partial charge in [0.05, 0.1) is 5.69 Å². The minimum absolute atomic E-state index is 0.0613. The number of carbonyl (C=O) groups is 1. The van der Waals surface area contributed by atoms with E-state index >= 15 is 0 Å². The summed E-state index contributed by atoms with van der Waals surface area (Å²) in [4.78, 5) is 28.8. The average Bonchev–Trinajstić information content (AvgIpc) is 3.10. The number of rotatable bonds is 2. The standard InChI is InChI=1S/C20H24N6O2/c1-20(2,3)15-6-7-16-22-23-17(26(16)24-15)13-8-11-25(12-9-13)19(28)14-5-4-10-21-18(14)27/h4-7,10,13H,8-9,11-12H2,1-3H3,(H,21,27). The fourth-order valence-electron chi connectivity index (χ4n) is 3.56. The van der Waals surface area contributed by atoms with Crippen LogP contribution in [0.4, 0.5) is 0 Å². The molecule has 1 N–H and O–H groups in total. The predicted molar refractivity (Wildman–Crippen MR) is 104 cm³/mol. The van der Waals surface area contributed by atoms with Crippen molar-refractivity contribution in [3.05, 3.63) is 57.9 Å². The van der Waals surface area contributed by atoms with Crippen molar-refractivity contribution in [3.8, 4) is 0 Å². The van der Waals surface area contributed by atoms with E-state index in [-0.39, 0.29) is 28.4 Å². The van der Waals surface area contributed by atoms with E-state index in [0.29, 0.717) is 13.1 Å². The zero-order valence-corrected chi connectivity index (χ0v) is 16.3. The number of pyridine rings is 1. The quantitative estimate of drug-likeness (QED) is 0.735. The third-order valence-electron chi connectivity index (χ3n) is 5.25. The first kappa shape index (κ1) is 18.3. The van der Waals surface area contributed by atoms with Gasteiger partial charge >= 0.3 is 0 Å². The lowest BCUT2D eigenvalue weighted by atomic mass is 9.92. The van der Waals surface area contributed by atoms with E-state index in [0.717, 1.165) is 30.0 Å². The summed E-state index contributed by atoms with van der Waals surface area (Å²) in [5.41, 5.74) is 1.49. The molecule has 3 aromatic heterocycles. The van der Waals surface area contributed by atoms with Crippen LogP contribution in [0.15, 0.2) is 35.3 Å². The fraction of sp³-hybridized carbons (Fsp3) is 0.450. The van der Waals surface area contributed by atoms with Gasteiger partial charge < -0.3 is 9.88 Å². The van der Waals surface area contributed by atoms with Crippen LogP contribution in [0.25, 0.3) is 5.65 Å². The highest BCUT2D eigenvalue weighted by Crippen LogP contribution is 2.28. The van der Waals surface area contributed by atoms with Gasteiger partial charge in [-0.15, -0.1) is 10.2 Å². The second-order valence-corrected chi connectivity index (χ2v) is 8.28. The van der Waals surface area contributed by atoms with Crippen LogP contribution in [0, 0.1) is 0 Å². The van der Waals surface area contributed by atoms with E-state index in [4.69, 9.17) is 5.10 Å². The smallest absolute Gasteiger partial charge is 0.260 e. The number of H-pyrrole nitrogens is 1.